The SMILES string of the molecule is CC(C)c1nnc([C@@H]2CC[C@H](C(=O)NCCNC(=O)c3cn(-c4ccccc4)nc3C(F)(F)F)N(C)C2)o1. The molecule has 2 amide bonds. The molecule has 2 aromatic heterocycles. The number of likely N-dealkylation sites (N-methyl/N-ethyl adjacent to an activating group) is 1. The summed E-state index contributed by atoms with van der Waals surface area (Å²) in [7, 11) is 1.83. The second-order valence-electron chi connectivity index (χ2n) is 9.58. The van der Waals surface area contributed by atoms with Gasteiger partial charge < -0.3 is 15.1 Å². The van der Waals surface area contributed by atoms with E-state index in [2.05, 4.69) is 25.9 Å². The monoisotopic (exact) mass is 533 g/mol. The average molecular weight is 534 g/mol. The number of piperidine rings is 1. The number of hydrogen-bond donors (Lipinski definition) is 2. The van der Waals surface area contributed by atoms with Crippen LogP contribution in [0.5, 0.6) is 0 Å². The van der Waals surface area contributed by atoms with Crippen LogP contribution in [0.15, 0.2) is 40.9 Å². The Balaban J connectivity index is 1.28. The van der Waals surface area contributed by atoms with Gasteiger partial charge in [-0.15, -0.1) is 10.2 Å². The first kappa shape index (κ1) is 27.3. The maximum absolute atomic E-state index is 13.5. The van der Waals surface area contributed by atoms with Crippen molar-refractivity contribution in [3.63, 3.8) is 0 Å². The molecule has 0 saturated carbocycles. The Morgan fingerprint density at radius 3 is 2.45 bits per heavy atom. The molecule has 204 valence electrons. The van der Waals surface area contributed by atoms with Crippen molar-refractivity contribution in [3.05, 3.63) is 59.6 Å². The summed E-state index contributed by atoms with van der Waals surface area (Å²) in [4.78, 5) is 27.2. The minimum absolute atomic E-state index is 0.0305. The van der Waals surface area contributed by atoms with Crippen molar-refractivity contribution in [1.82, 2.24) is 35.5 Å². The lowest BCUT2D eigenvalue weighted by Gasteiger charge is -2.34. The van der Waals surface area contributed by atoms with E-state index in [1.165, 1.54) is 0 Å². The molecule has 13 heteroatoms. The van der Waals surface area contributed by atoms with Gasteiger partial charge in [0.05, 0.1) is 23.2 Å². The van der Waals surface area contributed by atoms with Crippen LogP contribution >= 0.6 is 0 Å². The fourth-order valence-corrected chi connectivity index (χ4v) is 4.36. The van der Waals surface area contributed by atoms with Gasteiger partial charge in [-0.25, -0.2) is 4.68 Å². The maximum Gasteiger partial charge on any atom is 0.435 e. The zero-order valence-corrected chi connectivity index (χ0v) is 21.3. The molecule has 4 rings (SSSR count). The number of aromatic nitrogens is 4. The Hall–Kier alpha value is -3.74. The molecule has 3 heterocycles. The Morgan fingerprint density at radius 2 is 1.82 bits per heavy atom. The smallest absolute Gasteiger partial charge is 0.425 e. The van der Waals surface area contributed by atoms with E-state index in [1.54, 1.807) is 30.3 Å². The number of amides is 2. The van der Waals surface area contributed by atoms with Crippen LogP contribution in [0, 0.1) is 0 Å². The van der Waals surface area contributed by atoms with Gasteiger partial charge in [-0.3, -0.25) is 14.5 Å². The molecule has 0 bridgehead atoms. The number of nitrogens with one attached hydrogen (secondary N) is 2. The molecular formula is C25H30F3N7O3. The number of halogens is 3. The fraction of sp³-hybridized carbons (Fsp3) is 0.480. The van der Waals surface area contributed by atoms with E-state index in [9.17, 15) is 22.8 Å². The van der Waals surface area contributed by atoms with Crippen molar-refractivity contribution < 1.29 is 27.2 Å². The molecule has 1 fully saturated rings. The molecule has 1 aliphatic heterocycles. The lowest BCUT2D eigenvalue weighted by molar-refractivity contribution is -0.141. The molecule has 10 nitrogen and oxygen atoms in total. The molecule has 0 aliphatic carbocycles. The molecule has 1 aromatic carbocycles. The van der Waals surface area contributed by atoms with Gasteiger partial charge in [-0.2, -0.15) is 18.3 Å². The summed E-state index contributed by atoms with van der Waals surface area (Å²) in [5.74, 6) is 0.170. The summed E-state index contributed by atoms with van der Waals surface area (Å²) < 4.78 is 47.3. The number of nitrogens with zero attached hydrogens (tertiary/aromatic N) is 5. The molecule has 2 N–H and O–H groups in total. The maximum atomic E-state index is 13.5. The molecule has 0 radical (unpaired) electrons. The number of benzene rings is 1. The predicted octanol–water partition coefficient (Wildman–Crippen LogP) is 3.12. The normalized spacial score (nSPS) is 18.5. The van der Waals surface area contributed by atoms with Gasteiger partial charge >= 0.3 is 6.18 Å². The summed E-state index contributed by atoms with van der Waals surface area (Å²) in [5.41, 5.74) is -1.47. The fourth-order valence-electron chi connectivity index (χ4n) is 4.36. The third-order valence-electron chi connectivity index (χ3n) is 6.39. The lowest BCUT2D eigenvalue weighted by atomic mass is 9.92. The van der Waals surface area contributed by atoms with E-state index >= 15 is 0 Å². The van der Waals surface area contributed by atoms with Gasteiger partial charge in [-0.1, -0.05) is 32.0 Å². The minimum Gasteiger partial charge on any atom is -0.425 e. The van der Waals surface area contributed by atoms with Crippen molar-refractivity contribution >= 4 is 11.8 Å². The van der Waals surface area contributed by atoms with E-state index < -0.39 is 23.3 Å². The lowest BCUT2D eigenvalue weighted by Crippen LogP contribution is -2.50. The first-order valence-corrected chi connectivity index (χ1v) is 12.4. The number of alkyl halides is 3. The Labute approximate surface area is 217 Å². The van der Waals surface area contributed by atoms with Crippen LogP contribution in [0.25, 0.3) is 5.69 Å². The first-order valence-electron chi connectivity index (χ1n) is 12.4. The molecule has 0 unspecified atom stereocenters. The summed E-state index contributed by atoms with van der Waals surface area (Å²) in [6.45, 7) is 4.53. The van der Waals surface area contributed by atoms with Crippen LogP contribution < -0.4 is 10.6 Å². The highest BCUT2D eigenvalue weighted by atomic mass is 19.4. The van der Waals surface area contributed by atoms with E-state index in [4.69, 9.17) is 4.42 Å². The van der Waals surface area contributed by atoms with Crippen LogP contribution in [0.3, 0.4) is 0 Å². The van der Waals surface area contributed by atoms with Crippen LogP contribution in [0.2, 0.25) is 0 Å². The van der Waals surface area contributed by atoms with Crippen molar-refractivity contribution in [2.45, 2.75) is 50.7 Å². The summed E-state index contributed by atoms with van der Waals surface area (Å²) >= 11 is 0. The van der Waals surface area contributed by atoms with Crippen LogP contribution in [0.1, 0.15) is 66.4 Å². The number of likely N-dealkylation sites (tertiary alicyclic amines) is 1. The Morgan fingerprint density at radius 1 is 1.11 bits per heavy atom. The van der Waals surface area contributed by atoms with Crippen molar-refractivity contribution in [1.29, 1.82) is 0 Å². The van der Waals surface area contributed by atoms with E-state index in [-0.39, 0.29) is 36.9 Å². The molecule has 3 aromatic rings. The highest BCUT2D eigenvalue weighted by molar-refractivity contribution is 5.95. The second-order valence-corrected chi connectivity index (χ2v) is 9.58. The number of rotatable bonds is 8. The van der Waals surface area contributed by atoms with Crippen LogP contribution in [0.4, 0.5) is 13.2 Å². The minimum atomic E-state index is -4.80. The molecule has 1 aliphatic rings. The second kappa shape index (κ2) is 11.3. The summed E-state index contributed by atoms with van der Waals surface area (Å²) in [6.07, 6.45) is -2.48. The Kier molecular flexibility index (Phi) is 8.14. The zero-order valence-electron chi connectivity index (χ0n) is 21.3. The van der Waals surface area contributed by atoms with Crippen molar-refractivity contribution in [3.8, 4) is 5.69 Å². The standard InChI is InChI=1S/C25H30F3N7O3/c1-15(2)23-31-32-24(38-23)16-9-10-19(34(3)13-16)22(37)30-12-11-29-21(36)18-14-35(17-7-5-4-6-8-17)33-20(18)25(26,27)28/h4-8,14-16,19H,9-13H2,1-3H3,(H,29,36)(H,30,37)/t16-,19-/m1/s1. The van der Waals surface area contributed by atoms with Crippen molar-refractivity contribution in [2.75, 3.05) is 26.7 Å². The van der Waals surface area contributed by atoms with Gasteiger partial charge in [0, 0.05) is 31.7 Å². The molecule has 38 heavy (non-hydrogen) atoms. The zero-order chi connectivity index (χ0) is 27.4. The number of para-hydroxylation sites is 1. The quantitative estimate of drug-likeness (QED) is 0.427. The third kappa shape index (κ3) is 6.21. The largest absolute Gasteiger partial charge is 0.435 e. The predicted molar refractivity (Wildman–Crippen MR) is 131 cm³/mol. The number of carbonyl (C=O) groups is 2. The molecule has 0 spiro atoms. The average Bonchev–Trinajstić information content (AvgIpc) is 3.55. The highest BCUT2D eigenvalue weighted by Gasteiger charge is 2.39. The first-order chi connectivity index (χ1) is 18.0. The van der Waals surface area contributed by atoms with E-state index in [0.29, 0.717) is 36.9 Å². The van der Waals surface area contributed by atoms with Crippen LogP contribution in [-0.2, 0) is 11.0 Å². The van der Waals surface area contributed by atoms with E-state index in [1.807, 2.05) is 25.8 Å². The van der Waals surface area contributed by atoms with Gasteiger partial charge in [0.1, 0.15) is 0 Å². The summed E-state index contributed by atoms with van der Waals surface area (Å²) in [6, 6.07) is 7.82. The van der Waals surface area contributed by atoms with Crippen molar-refractivity contribution in [2.24, 2.45) is 0 Å². The van der Waals surface area contributed by atoms with Gasteiger partial charge in [0.2, 0.25) is 17.7 Å². The third-order valence-corrected chi connectivity index (χ3v) is 6.39. The summed E-state index contributed by atoms with van der Waals surface area (Å²) in [5, 5.41) is 17.0. The molecular weight excluding hydrogens is 503 g/mol. The molecule has 2 atom stereocenters. The van der Waals surface area contributed by atoms with E-state index in [0.717, 1.165) is 10.9 Å². The van der Waals surface area contributed by atoms with Gasteiger partial charge in [0.25, 0.3) is 5.91 Å². The van der Waals surface area contributed by atoms with Crippen LogP contribution in [-0.4, -0.2) is 69.4 Å². The highest BCUT2D eigenvalue weighted by Crippen LogP contribution is 2.32. The number of hydrogen-bond acceptors (Lipinski definition) is 7. The number of carbonyl (C=O) groups excluding carboxylic acids is 2. The van der Waals surface area contributed by atoms with Gasteiger partial charge in [-0.05, 0) is 32.0 Å². The van der Waals surface area contributed by atoms with Gasteiger partial charge in [0.15, 0.2) is 5.69 Å². The molecule has 1 saturated heterocycles. The Bertz CT molecular complexity index is 1260. The topological polar surface area (TPSA) is 118 Å².